The maximum absolute atomic E-state index is 11.4. The highest BCUT2D eigenvalue weighted by atomic mass is 16.4. The summed E-state index contributed by atoms with van der Waals surface area (Å²) in [4.78, 5) is 25.7. The van der Waals surface area contributed by atoms with Crippen molar-refractivity contribution < 1.29 is 14.7 Å². The van der Waals surface area contributed by atoms with Crippen LogP contribution in [0.3, 0.4) is 0 Å². The molecular weight excluding hydrogens is 218 g/mol. The molecule has 86 valence electrons. The number of aromatic amines is 1. The topological polar surface area (TPSA) is 70.2 Å². The van der Waals surface area contributed by atoms with Crippen molar-refractivity contribution in [1.29, 1.82) is 0 Å². The number of carboxylic acids is 1. The Hall–Kier alpha value is -2.10. The van der Waals surface area contributed by atoms with Gasteiger partial charge < -0.3 is 10.1 Å². The molecule has 1 aliphatic rings. The number of carboxylic acid groups (broad SMARTS) is 1. The van der Waals surface area contributed by atoms with E-state index in [0.717, 1.165) is 16.5 Å². The normalized spacial score (nSPS) is 18.0. The van der Waals surface area contributed by atoms with Crippen molar-refractivity contribution in [3.05, 3.63) is 36.0 Å². The van der Waals surface area contributed by atoms with Crippen molar-refractivity contribution >= 4 is 22.7 Å². The van der Waals surface area contributed by atoms with E-state index in [2.05, 4.69) is 4.98 Å². The molecule has 1 fully saturated rings. The number of H-pyrrole nitrogens is 1. The molecule has 1 heterocycles. The average Bonchev–Trinajstić information content (AvgIpc) is 2.68. The predicted molar refractivity (Wildman–Crippen MR) is 61.9 cm³/mol. The lowest BCUT2D eigenvalue weighted by Gasteiger charge is -2.36. The molecule has 4 nitrogen and oxygen atoms in total. The van der Waals surface area contributed by atoms with Gasteiger partial charge in [0.15, 0.2) is 0 Å². The maximum Gasteiger partial charge on any atom is 0.315 e. The fourth-order valence-corrected chi connectivity index (χ4v) is 2.55. The standard InChI is InChI=1S/C13H11NO3/c15-8-5-13(6-8,12(16)17)10-7-14-11-4-2-1-3-9(10)11/h1-4,7,14H,5-6H2,(H,16,17). The number of carbonyl (C=O) groups excluding carboxylic acids is 1. The van der Waals surface area contributed by atoms with Crippen LogP contribution < -0.4 is 0 Å². The number of aromatic nitrogens is 1. The summed E-state index contributed by atoms with van der Waals surface area (Å²) < 4.78 is 0. The van der Waals surface area contributed by atoms with E-state index in [1.807, 2.05) is 24.3 Å². The summed E-state index contributed by atoms with van der Waals surface area (Å²) in [6.07, 6.45) is 1.92. The highest BCUT2D eigenvalue weighted by Crippen LogP contribution is 2.44. The number of Topliss-reactive ketones (excluding diaryl/α,β-unsaturated/α-hetero) is 1. The molecular formula is C13H11NO3. The number of fused-ring (bicyclic) bond motifs is 1. The third-order valence-corrected chi connectivity index (χ3v) is 3.51. The number of aliphatic carboxylic acids is 1. The quantitative estimate of drug-likeness (QED) is 0.825. The van der Waals surface area contributed by atoms with Gasteiger partial charge >= 0.3 is 5.97 Å². The first kappa shape index (κ1) is 10.1. The Morgan fingerprint density at radius 1 is 1.29 bits per heavy atom. The van der Waals surface area contributed by atoms with E-state index in [9.17, 15) is 14.7 Å². The summed E-state index contributed by atoms with van der Waals surface area (Å²) in [7, 11) is 0. The molecule has 2 N–H and O–H groups in total. The highest BCUT2D eigenvalue weighted by molar-refractivity contribution is 6.04. The summed E-state index contributed by atoms with van der Waals surface area (Å²) in [6.45, 7) is 0. The lowest BCUT2D eigenvalue weighted by Crippen LogP contribution is -2.48. The van der Waals surface area contributed by atoms with E-state index in [-0.39, 0.29) is 18.6 Å². The zero-order valence-corrected chi connectivity index (χ0v) is 9.06. The number of hydrogen-bond donors (Lipinski definition) is 2. The van der Waals surface area contributed by atoms with Crippen LogP contribution in [0.4, 0.5) is 0 Å². The van der Waals surface area contributed by atoms with Crippen LogP contribution in [0.1, 0.15) is 18.4 Å². The average molecular weight is 229 g/mol. The van der Waals surface area contributed by atoms with E-state index in [0.29, 0.717) is 0 Å². The van der Waals surface area contributed by atoms with Crippen molar-refractivity contribution in [3.63, 3.8) is 0 Å². The molecule has 17 heavy (non-hydrogen) atoms. The predicted octanol–water partition coefficient (Wildman–Crippen LogP) is 1.85. The van der Waals surface area contributed by atoms with Crippen LogP contribution in [0.2, 0.25) is 0 Å². The van der Waals surface area contributed by atoms with Crippen molar-refractivity contribution in [2.45, 2.75) is 18.3 Å². The third-order valence-electron chi connectivity index (χ3n) is 3.51. The number of ketones is 1. The van der Waals surface area contributed by atoms with Gasteiger partial charge in [0.2, 0.25) is 0 Å². The molecule has 1 saturated carbocycles. The molecule has 0 atom stereocenters. The summed E-state index contributed by atoms with van der Waals surface area (Å²) in [5.74, 6) is -0.903. The second kappa shape index (κ2) is 3.20. The van der Waals surface area contributed by atoms with Gasteiger partial charge in [-0.1, -0.05) is 18.2 Å². The molecule has 1 aromatic heterocycles. The summed E-state index contributed by atoms with van der Waals surface area (Å²) in [5.41, 5.74) is 0.610. The lowest BCUT2D eigenvalue weighted by atomic mass is 9.63. The molecule has 2 aromatic rings. The van der Waals surface area contributed by atoms with Crippen molar-refractivity contribution in [1.82, 2.24) is 4.98 Å². The molecule has 4 heteroatoms. The van der Waals surface area contributed by atoms with Crippen LogP contribution in [-0.4, -0.2) is 21.8 Å². The molecule has 0 unspecified atom stereocenters. The lowest BCUT2D eigenvalue weighted by molar-refractivity contribution is -0.153. The minimum Gasteiger partial charge on any atom is -0.481 e. The van der Waals surface area contributed by atoms with Crippen LogP contribution in [0.15, 0.2) is 30.5 Å². The second-order valence-corrected chi connectivity index (χ2v) is 4.53. The van der Waals surface area contributed by atoms with E-state index < -0.39 is 11.4 Å². The Kier molecular flexibility index (Phi) is 1.90. The van der Waals surface area contributed by atoms with Crippen molar-refractivity contribution in [2.75, 3.05) is 0 Å². The first-order chi connectivity index (χ1) is 8.13. The number of benzene rings is 1. The molecule has 0 bridgehead atoms. The number of para-hydroxylation sites is 1. The van der Waals surface area contributed by atoms with E-state index >= 15 is 0 Å². The second-order valence-electron chi connectivity index (χ2n) is 4.53. The molecule has 0 spiro atoms. The first-order valence-electron chi connectivity index (χ1n) is 5.45. The van der Waals surface area contributed by atoms with Crippen LogP contribution in [-0.2, 0) is 15.0 Å². The summed E-state index contributed by atoms with van der Waals surface area (Å²) >= 11 is 0. The van der Waals surface area contributed by atoms with Gasteiger partial charge in [-0.2, -0.15) is 0 Å². The van der Waals surface area contributed by atoms with Gasteiger partial charge in [0.05, 0.1) is 0 Å². The smallest absolute Gasteiger partial charge is 0.315 e. The van der Waals surface area contributed by atoms with Crippen molar-refractivity contribution in [2.24, 2.45) is 0 Å². The van der Waals surface area contributed by atoms with Gasteiger partial charge in [0.1, 0.15) is 11.2 Å². The van der Waals surface area contributed by atoms with Crippen LogP contribution in [0.25, 0.3) is 10.9 Å². The van der Waals surface area contributed by atoms with Crippen molar-refractivity contribution in [3.8, 4) is 0 Å². The first-order valence-corrected chi connectivity index (χ1v) is 5.45. The van der Waals surface area contributed by atoms with Crippen LogP contribution >= 0.6 is 0 Å². The number of nitrogens with one attached hydrogen (secondary N) is 1. The van der Waals surface area contributed by atoms with E-state index in [1.165, 1.54) is 0 Å². The van der Waals surface area contributed by atoms with E-state index in [1.54, 1.807) is 6.20 Å². The molecule has 0 aliphatic heterocycles. The van der Waals surface area contributed by atoms with Gasteiger partial charge in [0, 0.05) is 29.9 Å². The minimum atomic E-state index is -1.02. The molecule has 3 rings (SSSR count). The third kappa shape index (κ3) is 1.24. The zero-order chi connectivity index (χ0) is 12.0. The Balaban J connectivity index is 2.20. The molecule has 0 radical (unpaired) electrons. The molecule has 1 aromatic carbocycles. The highest BCUT2D eigenvalue weighted by Gasteiger charge is 2.52. The number of rotatable bonds is 2. The zero-order valence-electron chi connectivity index (χ0n) is 9.06. The number of carbonyl (C=O) groups is 2. The van der Waals surface area contributed by atoms with Gasteiger partial charge in [-0.25, -0.2) is 0 Å². The van der Waals surface area contributed by atoms with Gasteiger partial charge in [0.25, 0.3) is 0 Å². The largest absolute Gasteiger partial charge is 0.481 e. The Morgan fingerprint density at radius 3 is 2.65 bits per heavy atom. The number of hydrogen-bond acceptors (Lipinski definition) is 2. The monoisotopic (exact) mass is 229 g/mol. The van der Waals surface area contributed by atoms with E-state index in [4.69, 9.17) is 0 Å². The summed E-state index contributed by atoms with van der Waals surface area (Å²) in [5, 5.41) is 10.3. The molecule has 0 amide bonds. The minimum absolute atomic E-state index is 0.0117. The van der Waals surface area contributed by atoms with Crippen LogP contribution in [0, 0.1) is 0 Å². The maximum atomic E-state index is 11.4. The Bertz CT molecular complexity index is 618. The fourth-order valence-electron chi connectivity index (χ4n) is 2.55. The SMILES string of the molecule is O=C1CC(C(=O)O)(c2c[nH]c3ccccc23)C1. The van der Waals surface area contributed by atoms with Gasteiger partial charge in [-0.3, -0.25) is 9.59 Å². The Labute approximate surface area is 97.3 Å². The fraction of sp³-hybridized carbons (Fsp3) is 0.231. The molecule has 1 aliphatic carbocycles. The Morgan fingerprint density at radius 2 is 2.00 bits per heavy atom. The molecule has 0 saturated heterocycles. The van der Waals surface area contributed by atoms with Crippen LogP contribution in [0.5, 0.6) is 0 Å². The van der Waals surface area contributed by atoms with Gasteiger partial charge in [-0.05, 0) is 11.6 Å². The van der Waals surface area contributed by atoms with Gasteiger partial charge in [-0.15, -0.1) is 0 Å². The summed E-state index contributed by atoms with van der Waals surface area (Å²) in [6, 6.07) is 7.54.